The molecule has 1 aromatic carbocycles. The molecule has 0 fully saturated rings. The van der Waals surface area contributed by atoms with Gasteiger partial charge in [0.2, 0.25) is 5.70 Å². The minimum atomic E-state index is -0.418. The molecule has 0 saturated carbocycles. The van der Waals surface area contributed by atoms with Crippen molar-refractivity contribution in [3.63, 3.8) is 0 Å². The Balaban J connectivity index is 2.69. The van der Waals surface area contributed by atoms with Crippen LogP contribution in [0.25, 0.3) is 6.08 Å². The van der Waals surface area contributed by atoms with Crippen LogP contribution in [0.3, 0.4) is 0 Å². The minimum absolute atomic E-state index is 0.116. The molecule has 0 aliphatic heterocycles. The maximum absolute atomic E-state index is 10.3. The van der Waals surface area contributed by atoms with Crippen LogP contribution in [0.5, 0.6) is 5.75 Å². The third kappa shape index (κ3) is 3.57. The first kappa shape index (κ1) is 12.0. The molecule has 0 heterocycles. The Morgan fingerprint density at radius 3 is 2.50 bits per heavy atom. The van der Waals surface area contributed by atoms with E-state index >= 15 is 0 Å². The Morgan fingerprint density at radius 2 is 2.00 bits per heavy atom. The van der Waals surface area contributed by atoms with Crippen molar-refractivity contribution in [3.8, 4) is 5.75 Å². The lowest BCUT2D eigenvalue weighted by molar-refractivity contribution is -0.424. The van der Waals surface area contributed by atoms with E-state index in [0.717, 1.165) is 11.3 Å². The Kier molecular flexibility index (Phi) is 4.27. The summed E-state index contributed by atoms with van der Waals surface area (Å²) in [5, 5.41) is 10.3. The molecule has 4 heteroatoms. The van der Waals surface area contributed by atoms with Gasteiger partial charge in [-0.25, -0.2) is 0 Å². The largest absolute Gasteiger partial charge is 0.497 e. The van der Waals surface area contributed by atoms with Crippen LogP contribution in [0.2, 0.25) is 0 Å². The Morgan fingerprint density at radius 1 is 1.38 bits per heavy atom. The lowest BCUT2D eigenvalue weighted by Crippen LogP contribution is -1.91. The van der Waals surface area contributed by atoms with Gasteiger partial charge in [0, 0.05) is 13.0 Å². The highest BCUT2D eigenvalue weighted by Crippen LogP contribution is 2.12. The summed E-state index contributed by atoms with van der Waals surface area (Å²) in [4.78, 5) is 9.89. The molecule has 0 aliphatic rings. The van der Waals surface area contributed by atoms with Crippen LogP contribution >= 0.6 is 0 Å². The van der Waals surface area contributed by atoms with Gasteiger partial charge in [-0.2, -0.15) is 0 Å². The van der Waals surface area contributed by atoms with E-state index in [1.807, 2.05) is 24.3 Å². The van der Waals surface area contributed by atoms with Gasteiger partial charge in [0.1, 0.15) is 5.75 Å². The highest BCUT2D eigenvalue weighted by molar-refractivity contribution is 5.52. The monoisotopic (exact) mass is 219 g/mol. The first-order valence-corrected chi connectivity index (χ1v) is 4.77. The summed E-state index contributed by atoms with van der Waals surface area (Å²) in [6, 6.07) is 7.43. The third-order valence-corrected chi connectivity index (χ3v) is 2.03. The number of nitro groups is 1. The summed E-state index contributed by atoms with van der Waals surface area (Å²) in [5.41, 5.74) is 1.08. The number of ether oxygens (including phenoxy) is 1. The van der Waals surface area contributed by atoms with Crippen molar-refractivity contribution in [2.75, 3.05) is 7.11 Å². The van der Waals surface area contributed by atoms with Gasteiger partial charge < -0.3 is 4.74 Å². The predicted molar refractivity (Wildman–Crippen MR) is 62.8 cm³/mol. The standard InChI is InChI=1S/C12H13NO3/c1-10(13(14)15)4-3-5-11-6-8-12(16-2)9-7-11/h3-9H,1-2H3/b5-3+,10-4+. The van der Waals surface area contributed by atoms with Gasteiger partial charge in [-0.3, -0.25) is 10.1 Å². The van der Waals surface area contributed by atoms with Crippen LogP contribution in [0.15, 0.2) is 42.1 Å². The fourth-order valence-corrected chi connectivity index (χ4v) is 1.07. The zero-order valence-electron chi connectivity index (χ0n) is 9.21. The maximum Gasteiger partial charge on any atom is 0.243 e. The molecule has 0 spiro atoms. The third-order valence-electron chi connectivity index (χ3n) is 2.03. The van der Waals surface area contributed by atoms with Gasteiger partial charge in [-0.1, -0.05) is 24.3 Å². The molecule has 0 N–H and O–H groups in total. The Hall–Kier alpha value is -2.10. The summed E-state index contributed by atoms with van der Waals surface area (Å²) in [6.07, 6.45) is 4.91. The molecule has 1 aromatic rings. The minimum Gasteiger partial charge on any atom is -0.497 e. The molecule has 16 heavy (non-hydrogen) atoms. The average molecular weight is 219 g/mol. The molecule has 0 atom stereocenters. The summed E-state index contributed by atoms with van der Waals surface area (Å²) in [5.74, 6) is 0.786. The molecule has 84 valence electrons. The second-order valence-corrected chi connectivity index (χ2v) is 3.20. The number of hydrogen-bond donors (Lipinski definition) is 0. The van der Waals surface area contributed by atoms with Crippen molar-refractivity contribution in [3.05, 3.63) is 57.8 Å². The topological polar surface area (TPSA) is 52.4 Å². The van der Waals surface area contributed by atoms with E-state index in [1.54, 1.807) is 19.3 Å². The zero-order chi connectivity index (χ0) is 12.0. The van der Waals surface area contributed by atoms with E-state index in [-0.39, 0.29) is 5.70 Å². The fraction of sp³-hybridized carbons (Fsp3) is 0.167. The van der Waals surface area contributed by atoms with Crippen molar-refractivity contribution < 1.29 is 9.66 Å². The lowest BCUT2D eigenvalue weighted by atomic mass is 10.2. The van der Waals surface area contributed by atoms with Gasteiger partial charge in [0.05, 0.1) is 12.0 Å². The normalized spacial score (nSPS) is 11.8. The van der Waals surface area contributed by atoms with Crippen molar-refractivity contribution in [1.29, 1.82) is 0 Å². The molecule has 0 aromatic heterocycles. The quantitative estimate of drug-likeness (QED) is 0.444. The number of nitrogens with zero attached hydrogens (tertiary/aromatic N) is 1. The van der Waals surface area contributed by atoms with Crippen LogP contribution in [-0.2, 0) is 0 Å². The van der Waals surface area contributed by atoms with Gasteiger partial charge in [-0.15, -0.1) is 0 Å². The Labute approximate surface area is 94.0 Å². The smallest absolute Gasteiger partial charge is 0.243 e. The molecule has 0 bridgehead atoms. The molecule has 0 amide bonds. The van der Waals surface area contributed by atoms with Gasteiger partial charge in [0.15, 0.2) is 0 Å². The summed E-state index contributed by atoms with van der Waals surface area (Å²) in [6.45, 7) is 1.46. The van der Waals surface area contributed by atoms with Crippen molar-refractivity contribution in [1.82, 2.24) is 0 Å². The maximum atomic E-state index is 10.3. The molecule has 0 unspecified atom stereocenters. The molecule has 0 aliphatic carbocycles. The van der Waals surface area contributed by atoms with Crippen LogP contribution in [0, 0.1) is 10.1 Å². The highest BCUT2D eigenvalue weighted by atomic mass is 16.6. The van der Waals surface area contributed by atoms with Crippen LogP contribution in [0.4, 0.5) is 0 Å². The SMILES string of the molecule is COc1ccc(/C=C/C=C(\C)[N+](=O)[O-])cc1. The van der Waals surface area contributed by atoms with Crippen LogP contribution < -0.4 is 4.74 Å². The number of allylic oxidation sites excluding steroid dienone is 3. The van der Waals surface area contributed by atoms with Crippen molar-refractivity contribution in [2.24, 2.45) is 0 Å². The molecule has 0 saturated heterocycles. The molecule has 0 radical (unpaired) electrons. The average Bonchev–Trinajstić information content (AvgIpc) is 2.29. The van der Waals surface area contributed by atoms with E-state index in [9.17, 15) is 10.1 Å². The molecule has 4 nitrogen and oxygen atoms in total. The van der Waals surface area contributed by atoms with Crippen LogP contribution in [-0.4, -0.2) is 12.0 Å². The predicted octanol–water partition coefficient (Wildman–Crippen LogP) is 2.89. The van der Waals surface area contributed by atoms with E-state index < -0.39 is 4.92 Å². The van der Waals surface area contributed by atoms with E-state index in [1.165, 1.54) is 13.0 Å². The van der Waals surface area contributed by atoms with Crippen molar-refractivity contribution >= 4 is 6.08 Å². The van der Waals surface area contributed by atoms with Crippen LogP contribution in [0.1, 0.15) is 12.5 Å². The fourth-order valence-electron chi connectivity index (χ4n) is 1.07. The Bertz CT molecular complexity index is 418. The van der Waals surface area contributed by atoms with E-state index in [2.05, 4.69) is 0 Å². The second-order valence-electron chi connectivity index (χ2n) is 3.20. The first-order valence-electron chi connectivity index (χ1n) is 4.77. The second kappa shape index (κ2) is 5.70. The van der Waals surface area contributed by atoms with Gasteiger partial charge in [-0.05, 0) is 17.7 Å². The van der Waals surface area contributed by atoms with Gasteiger partial charge >= 0.3 is 0 Å². The summed E-state index contributed by atoms with van der Waals surface area (Å²) >= 11 is 0. The first-order chi connectivity index (χ1) is 7.63. The van der Waals surface area contributed by atoms with Crippen molar-refractivity contribution in [2.45, 2.75) is 6.92 Å². The van der Waals surface area contributed by atoms with Gasteiger partial charge in [0.25, 0.3) is 0 Å². The number of benzene rings is 1. The summed E-state index contributed by atoms with van der Waals surface area (Å²) < 4.78 is 5.02. The van der Waals surface area contributed by atoms with E-state index in [4.69, 9.17) is 4.74 Å². The lowest BCUT2D eigenvalue weighted by Gasteiger charge is -1.98. The highest BCUT2D eigenvalue weighted by Gasteiger charge is 1.97. The molecular weight excluding hydrogens is 206 g/mol. The zero-order valence-corrected chi connectivity index (χ0v) is 9.21. The molecular formula is C12H13NO3. The number of rotatable bonds is 4. The number of hydrogen-bond acceptors (Lipinski definition) is 3. The number of methoxy groups -OCH3 is 1. The van der Waals surface area contributed by atoms with E-state index in [0.29, 0.717) is 0 Å². The molecule has 1 rings (SSSR count). The summed E-state index contributed by atoms with van der Waals surface area (Å²) in [7, 11) is 1.61.